The van der Waals surface area contributed by atoms with E-state index in [0.29, 0.717) is 0 Å². The van der Waals surface area contributed by atoms with Gasteiger partial charge in [-0.3, -0.25) is 0 Å². The SMILES string of the molecule is CCC(C)C.Cl.Cl. The van der Waals surface area contributed by atoms with Crippen LogP contribution in [0.5, 0.6) is 0 Å². The maximum Gasteiger partial charge on any atom is -0.0474 e. The molecule has 0 nitrogen and oxygen atoms in total. The van der Waals surface area contributed by atoms with E-state index >= 15 is 0 Å². The molecule has 0 aromatic rings. The Labute approximate surface area is 58.5 Å². The van der Waals surface area contributed by atoms with Crippen LogP contribution in [0, 0.1) is 5.92 Å². The van der Waals surface area contributed by atoms with Gasteiger partial charge in [0.05, 0.1) is 0 Å². The van der Waals surface area contributed by atoms with Crippen molar-refractivity contribution in [3.8, 4) is 0 Å². The monoisotopic (exact) mass is 144 g/mol. The van der Waals surface area contributed by atoms with Gasteiger partial charge in [-0.05, 0) is 5.92 Å². The third-order valence-corrected chi connectivity index (χ3v) is 0.816. The first-order valence-corrected chi connectivity index (χ1v) is 2.27. The molecular formula is C5H14Cl2. The molecule has 0 bridgehead atoms. The highest BCUT2D eigenvalue weighted by Crippen LogP contribution is 1.93. The van der Waals surface area contributed by atoms with Gasteiger partial charge in [-0.15, -0.1) is 24.8 Å². The minimum atomic E-state index is 0. The van der Waals surface area contributed by atoms with Crippen molar-refractivity contribution >= 4 is 24.8 Å². The lowest BCUT2D eigenvalue weighted by molar-refractivity contribution is 0.626. The van der Waals surface area contributed by atoms with Gasteiger partial charge in [0, 0.05) is 0 Å². The first-order valence-electron chi connectivity index (χ1n) is 2.27. The summed E-state index contributed by atoms with van der Waals surface area (Å²) < 4.78 is 0. The number of hydrogen-bond acceptors (Lipinski definition) is 0. The Morgan fingerprint density at radius 2 is 1.29 bits per heavy atom. The van der Waals surface area contributed by atoms with Crippen molar-refractivity contribution < 1.29 is 0 Å². The highest BCUT2D eigenvalue weighted by molar-refractivity contribution is 5.85. The topological polar surface area (TPSA) is 0 Å². The zero-order valence-corrected chi connectivity index (χ0v) is 6.73. The average molecular weight is 145 g/mol. The van der Waals surface area contributed by atoms with Crippen molar-refractivity contribution in [2.45, 2.75) is 27.2 Å². The molecule has 7 heavy (non-hydrogen) atoms. The van der Waals surface area contributed by atoms with Gasteiger partial charge in [-0.25, -0.2) is 0 Å². The fourth-order valence-corrected chi connectivity index (χ4v) is 0. The molecule has 0 rings (SSSR count). The van der Waals surface area contributed by atoms with Crippen molar-refractivity contribution in [1.82, 2.24) is 0 Å². The summed E-state index contributed by atoms with van der Waals surface area (Å²) in [6.07, 6.45) is 1.31. The van der Waals surface area contributed by atoms with Crippen LogP contribution >= 0.6 is 24.8 Å². The maximum absolute atomic E-state index is 2.22. The van der Waals surface area contributed by atoms with Gasteiger partial charge in [-0.2, -0.15) is 0 Å². The van der Waals surface area contributed by atoms with Gasteiger partial charge in [0.1, 0.15) is 0 Å². The van der Waals surface area contributed by atoms with Crippen molar-refractivity contribution in [2.75, 3.05) is 0 Å². The first-order chi connectivity index (χ1) is 2.27. The fourth-order valence-electron chi connectivity index (χ4n) is 0. The van der Waals surface area contributed by atoms with Crippen molar-refractivity contribution in [2.24, 2.45) is 5.92 Å². The summed E-state index contributed by atoms with van der Waals surface area (Å²) in [5.41, 5.74) is 0. The van der Waals surface area contributed by atoms with Gasteiger partial charge in [0.2, 0.25) is 0 Å². The van der Waals surface area contributed by atoms with Crippen LogP contribution in [0.25, 0.3) is 0 Å². The van der Waals surface area contributed by atoms with Crippen LogP contribution in [-0.4, -0.2) is 0 Å². The second-order valence-electron chi connectivity index (χ2n) is 1.80. The normalized spacial score (nSPS) is 6.86. The third-order valence-electron chi connectivity index (χ3n) is 0.816. The van der Waals surface area contributed by atoms with Crippen LogP contribution in [0.2, 0.25) is 0 Å². The molecule has 0 aromatic carbocycles. The summed E-state index contributed by atoms with van der Waals surface area (Å²) in [6, 6.07) is 0. The molecule has 0 aromatic heterocycles. The Morgan fingerprint density at radius 1 is 1.14 bits per heavy atom. The molecule has 48 valence electrons. The van der Waals surface area contributed by atoms with Crippen LogP contribution in [0.1, 0.15) is 27.2 Å². The van der Waals surface area contributed by atoms with Crippen LogP contribution in [0.3, 0.4) is 0 Å². The highest BCUT2D eigenvalue weighted by atomic mass is 35.5. The molecule has 0 atom stereocenters. The van der Waals surface area contributed by atoms with E-state index in [0.717, 1.165) is 5.92 Å². The summed E-state index contributed by atoms with van der Waals surface area (Å²) in [4.78, 5) is 0. The van der Waals surface area contributed by atoms with E-state index in [1.807, 2.05) is 0 Å². The predicted molar refractivity (Wildman–Crippen MR) is 39.6 cm³/mol. The number of hydrogen-bond donors (Lipinski definition) is 0. The standard InChI is InChI=1S/C5H12.2ClH/c1-4-5(2)3;;/h5H,4H2,1-3H3;2*1H. The van der Waals surface area contributed by atoms with Crippen molar-refractivity contribution in [1.29, 1.82) is 0 Å². The minimum Gasteiger partial charge on any atom is -0.147 e. The average Bonchev–Trinajstić information content (AvgIpc) is 1.38. The molecule has 0 unspecified atom stereocenters. The van der Waals surface area contributed by atoms with Gasteiger partial charge < -0.3 is 0 Å². The van der Waals surface area contributed by atoms with Crippen LogP contribution in [0.15, 0.2) is 0 Å². The molecule has 0 spiro atoms. The Balaban J connectivity index is -0.0000000800. The lowest BCUT2D eigenvalue weighted by atomic mass is 10.2. The quantitative estimate of drug-likeness (QED) is 0.532. The highest BCUT2D eigenvalue weighted by Gasteiger charge is 1.80. The van der Waals surface area contributed by atoms with E-state index in [9.17, 15) is 0 Å². The van der Waals surface area contributed by atoms with E-state index in [1.165, 1.54) is 6.42 Å². The molecular weight excluding hydrogens is 131 g/mol. The van der Waals surface area contributed by atoms with Crippen LogP contribution in [0.4, 0.5) is 0 Å². The minimum absolute atomic E-state index is 0. The largest absolute Gasteiger partial charge is 0.147 e. The molecule has 0 saturated heterocycles. The lowest BCUT2D eigenvalue weighted by Crippen LogP contribution is -1.77. The van der Waals surface area contributed by atoms with E-state index in [1.54, 1.807) is 0 Å². The van der Waals surface area contributed by atoms with E-state index in [-0.39, 0.29) is 24.8 Å². The summed E-state index contributed by atoms with van der Waals surface area (Å²) in [7, 11) is 0. The van der Waals surface area contributed by atoms with Crippen LogP contribution < -0.4 is 0 Å². The molecule has 0 aliphatic heterocycles. The Morgan fingerprint density at radius 3 is 1.29 bits per heavy atom. The fraction of sp³-hybridized carbons (Fsp3) is 1.00. The molecule has 0 N–H and O–H groups in total. The third kappa shape index (κ3) is 20.7. The summed E-state index contributed by atoms with van der Waals surface area (Å²) in [5.74, 6) is 0.884. The van der Waals surface area contributed by atoms with Crippen molar-refractivity contribution in [3.05, 3.63) is 0 Å². The zero-order valence-electron chi connectivity index (χ0n) is 5.10. The van der Waals surface area contributed by atoms with E-state index in [4.69, 9.17) is 0 Å². The zero-order chi connectivity index (χ0) is 4.28. The number of rotatable bonds is 1. The summed E-state index contributed by atoms with van der Waals surface area (Å²) in [6.45, 7) is 6.64. The first kappa shape index (κ1) is 15.6. The van der Waals surface area contributed by atoms with Crippen molar-refractivity contribution in [3.63, 3.8) is 0 Å². The molecule has 0 aliphatic carbocycles. The van der Waals surface area contributed by atoms with E-state index < -0.39 is 0 Å². The second-order valence-corrected chi connectivity index (χ2v) is 1.80. The molecule has 0 fully saturated rings. The second kappa shape index (κ2) is 9.77. The van der Waals surface area contributed by atoms with Gasteiger partial charge >= 0.3 is 0 Å². The molecule has 0 heterocycles. The Bertz CT molecular complexity index is 20.0. The van der Waals surface area contributed by atoms with Gasteiger partial charge in [0.15, 0.2) is 0 Å². The Kier molecular flexibility index (Phi) is 21.8. The summed E-state index contributed by atoms with van der Waals surface area (Å²) in [5, 5.41) is 0. The Hall–Kier alpha value is 0.580. The molecule has 0 amide bonds. The molecule has 0 aliphatic rings. The molecule has 0 radical (unpaired) electrons. The van der Waals surface area contributed by atoms with Crippen LogP contribution in [-0.2, 0) is 0 Å². The smallest absolute Gasteiger partial charge is 0.0474 e. The lowest BCUT2D eigenvalue weighted by Gasteiger charge is -1.90. The molecule has 0 saturated carbocycles. The van der Waals surface area contributed by atoms with Gasteiger partial charge in [0.25, 0.3) is 0 Å². The molecule has 2 heteroatoms. The maximum atomic E-state index is 2.22. The van der Waals surface area contributed by atoms with Gasteiger partial charge in [-0.1, -0.05) is 27.2 Å². The van der Waals surface area contributed by atoms with E-state index in [2.05, 4.69) is 20.8 Å². The predicted octanol–water partition coefficient (Wildman–Crippen LogP) is 2.90. The number of halogens is 2. The summed E-state index contributed by atoms with van der Waals surface area (Å²) >= 11 is 0.